The van der Waals surface area contributed by atoms with E-state index >= 15 is 0 Å². The van der Waals surface area contributed by atoms with Crippen molar-refractivity contribution >= 4 is 5.69 Å². The summed E-state index contributed by atoms with van der Waals surface area (Å²) in [5.74, 6) is -0.228. The summed E-state index contributed by atoms with van der Waals surface area (Å²) in [5, 5.41) is 13.7. The molecule has 0 radical (unpaired) electrons. The van der Waals surface area contributed by atoms with Crippen molar-refractivity contribution in [2.45, 2.75) is 44.2 Å². The number of anilines is 1. The van der Waals surface area contributed by atoms with Gasteiger partial charge in [-0.1, -0.05) is 25.0 Å². The Bertz CT molecular complexity index is 458. The van der Waals surface area contributed by atoms with Crippen molar-refractivity contribution in [2.24, 2.45) is 0 Å². The fourth-order valence-corrected chi connectivity index (χ4v) is 3.15. The molecule has 1 aliphatic rings. The predicted octanol–water partition coefficient (Wildman–Crippen LogP) is 2.85. The van der Waals surface area contributed by atoms with Gasteiger partial charge in [-0.05, 0) is 38.4 Å². The molecule has 0 heterocycles. The van der Waals surface area contributed by atoms with Gasteiger partial charge in [-0.15, -0.1) is 0 Å². The fourth-order valence-electron chi connectivity index (χ4n) is 3.15. The largest absolute Gasteiger partial charge is 0.388 e. The molecule has 3 nitrogen and oxygen atoms in total. The quantitative estimate of drug-likeness (QED) is 0.870. The zero-order valence-corrected chi connectivity index (χ0v) is 12.6. The van der Waals surface area contributed by atoms with Crippen LogP contribution in [0.4, 0.5) is 10.1 Å². The number of hydrogen-bond acceptors (Lipinski definition) is 3. The molecular formula is C16H25FN2O. The van der Waals surface area contributed by atoms with Gasteiger partial charge in [-0.2, -0.15) is 0 Å². The van der Waals surface area contributed by atoms with Crippen LogP contribution in [-0.4, -0.2) is 31.3 Å². The van der Waals surface area contributed by atoms with Crippen molar-refractivity contribution in [1.82, 2.24) is 5.32 Å². The summed E-state index contributed by atoms with van der Waals surface area (Å²) in [7, 11) is 3.73. The van der Waals surface area contributed by atoms with Crippen LogP contribution in [0.5, 0.6) is 0 Å². The summed E-state index contributed by atoms with van der Waals surface area (Å²) in [6, 6.07) is 5.23. The van der Waals surface area contributed by atoms with E-state index < -0.39 is 5.60 Å². The zero-order chi connectivity index (χ0) is 14.8. The molecule has 0 bridgehead atoms. The van der Waals surface area contributed by atoms with Crippen LogP contribution in [0.1, 0.15) is 44.2 Å². The molecule has 2 rings (SSSR count). The summed E-state index contributed by atoms with van der Waals surface area (Å²) in [6.07, 6.45) is 3.73. The predicted molar refractivity (Wildman–Crippen MR) is 80.6 cm³/mol. The highest BCUT2D eigenvalue weighted by Crippen LogP contribution is 2.34. The number of rotatable bonds is 5. The number of nitrogens with zero attached hydrogens (tertiary/aromatic N) is 1. The summed E-state index contributed by atoms with van der Waals surface area (Å²) < 4.78 is 14.2. The number of nitrogens with one attached hydrogen (secondary N) is 1. The third-order valence-electron chi connectivity index (χ3n) is 4.36. The Labute approximate surface area is 120 Å². The Kier molecular flexibility index (Phi) is 4.66. The highest BCUT2D eigenvalue weighted by molar-refractivity contribution is 5.56. The number of likely N-dealkylation sites (N-methyl/N-ethyl adjacent to an activating group) is 1. The highest BCUT2D eigenvalue weighted by atomic mass is 19.1. The SMILES string of the molecule is CNC(C)c1cccc(F)c1N(C)CC1(O)CCCC1. The van der Waals surface area contributed by atoms with Crippen molar-refractivity contribution in [3.8, 4) is 0 Å². The van der Waals surface area contributed by atoms with E-state index in [-0.39, 0.29) is 11.9 Å². The monoisotopic (exact) mass is 280 g/mol. The second-order valence-electron chi connectivity index (χ2n) is 5.98. The molecule has 0 aliphatic heterocycles. The molecule has 20 heavy (non-hydrogen) atoms. The van der Waals surface area contributed by atoms with Crippen LogP contribution in [0.25, 0.3) is 0 Å². The lowest BCUT2D eigenvalue weighted by molar-refractivity contribution is 0.0558. The number of benzene rings is 1. The van der Waals surface area contributed by atoms with E-state index in [2.05, 4.69) is 5.32 Å². The van der Waals surface area contributed by atoms with Crippen LogP contribution in [0, 0.1) is 5.82 Å². The number of halogens is 1. The lowest BCUT2D eigenvalue weighted by Gasteiger charge is -2.32. The molecule has 4 heteroatoms. The first kappa shape index (κ1) is 15.3. The average molecular weight is 280 g/mol. The first-order chi connectivity index (χ1) is 9.47. The normalized spacial score (nSPS) is 19.1. The molecule has 1 aromatic rings. The van der Waals surface area contributed by atoms with Crippen LogP contribution >= 0.6 is 0 Å². The van der Waals surface area contributed by atoms with Crippen molar-refractivity contribution in [3.63, 3.8) is 0 Å². The smallest absolute Gasteiger partial charge is 0.146 e. The van der Waals surface area contributed by atoms with Crippen LogP contribution in [0.2, 0.25) is 0 Å². The van der Waals surface area contributed by atoms with Crippen LogP contribution < -0.4 is 10.2 Å². The van der Waals surface area contributed by atoms with Crippen LogP contribution in [0.15, 0.2) is 18.2 Å². The first-order valence-corrected chi connectivity index (χ1v) is 7.36. The molecule has 0 spiro atoms. The van der Waals surface area contributed by atoms with Crippen molar-refractivity contribution < 1.29 is 9.50 Å². The molecule has 0 amide bonds. The molecule has 1 atom stereocenters. The van der Waals surface area contributed by atoms with E-state index in [0.717, 1.165) is 31.2 Å². The minimum absolute atomic E-state index is 0.0707. The molecule has 1 fully saturated rings. The third-order valence-corrected chi connectivity index (χ3v) is 4.36. The minimum atomic E-state index is -0.669. The van der Waals surface area contributed by atoms with E-state index in [0.29, 0.717) is 12.2 Å². The maximum atomic E-state index is 14.2. The van der Waals surface area contributed by atoms with Gasteiger partial charge in [0.05, 0.1) is 11.3 Å². The Morgan fingerprint density at radius 1 is 1.40 bits per heavy atom. The third kappa shape index (κ3) is 3.13. The fraction of sp³-hybridized carbons (Fsp3) is 0.625. The molecular weight excluding hydrogens is 255 g/mol. The summed E-state index contributed by atoms with van der Waals surface area (Å²) in [5.41, 5.74) is 0.850. The Morgan fingerprint density at radius 2 is 2.05 bits per heavy atom. The van der Waals surface area contributed by atoms with Gasteiger partial charge in [0, 0.05) is 19.6 Å². The van der Waals surface area contributed by atoms with Crippen molar-refractivity contribution in [1.29, 1.82) is 0 Å². The van der Waals surface area contributed by atoms with Gasteiger partial charge in [-0.25, -0.2) is 4.39 Å². The molecule has 0 saturated heterocycles. The van der Waals surface area contributed by atoms with Crippen LogP contribution in [0.3, 0.4) is 0 Å². The summed E-state index contributed by atoms with van der Waals surface area (Å²) in [6.45, 7) is 2.49. The van der Waals surface area contributed by atoms with Gasteiger partial charge in [-0.3, -0.25) is 0 Å². The lowest BCUT2D eigenvalue weighted by atomic mass is 10.00. The lowest BCUT2D eigenvalue weighted by Crippen LogP contribution is -2.40. The van der Waals surface area contributed by atoms with Crippen LogP contribution in [-0.2, 0) is 0 Å². The van der Waals surface area contributed by atoms with Gasteiger partial charge in [0.15, 0.2) is 0 Å². The summed E-state index contributed by atoms with van der Waals surface area (Å²) >= 11 is 0. The second-order valence-corrected chi connectivity index (χ2v) is 5.98. The van der Waals surface area contributed by atoms with Crippen molar-refractivity contribution in [2.75, 3.05) is 25.5 Å². The van der Waals surface area contributed by atoms with Crippen molar-refractivity contribution in [3.05, 3.63) is 29.6 Å². The molecule has 0 aromatic heterocycles. The number of hydrogen-bond donors (Lipinski definition) is 2. The van der Waals surface area contributed by atoms with E-state index in [1.165, 1.54) is 6.07 Å². The maximum absolute atomic E-state index is 14.2. The maximum Gasteiger partial charge on any atom is 0.146 e. The topological polar surface area (TPSA) is 35.5 Å². The molecule has 112 valence electrons. The Hall–Kier alpha value is -1.13. The first-order valence-electron chi connectivity index (χ1n) is 7.36. The molecule has 1 unspecified atom stereocenters. The average Bonchev–Trinajstić information content (AvgIpc) is 2.83. The van der Waals surface area contributed by atoms with Gasteiger partial charge in [0.2, 0.25) is 0 Å². The highest BCUT2D eigenvalue weighted by Gasteiger charge is 2.33. The van der Waals surface area contributed by atoms with E-state index in [4.69, 9.17) is 0 Å². The van der Waals surface area contributed by atoms with Gasteiger partial charge in [0.1, 0.15) is 5.82 Å². The van der Waals surface area contributed by atoms with Gasteiger partial charge < -0.3 is 15.3 Å². The Balaban J connectivity index is 2.26. The Morgan fingerprint density at radius 3 is 2.65 bits per heavy atom. The van der Waals surface area contributed by atoms with Gasteiger partial charge in [0.25, 0.3) is 0 Å². The van der Waals surface area contributed by atoms with Gasteiger partial charge >= 0.3 is 0 Å². The second kappa shape index (κ2) is 6.10. The minimum Gasteiger partial charge on any atom is -0.388 e. The summed E-state index contributed by atoms with van der Waals surface area (Å²) in [4.78, 5) is 1.86. The van der Waals surface area contributed by atoms with E-state index in [9.17, 15) is 9.50 Å². The number of para-hydroxylation sites is 1. The van der Waals surface area contributed by atoms with E-state index in [1.54, 1.807) is 6.07 Å². The zero-order valence-electron chi connectivity index (χ0n) is 12.6. The molecule has 1 saturated carbocycles. The van der Waals surface area contributed by atoms with E-state index in [1.807, 2.05) is 32.0 Å². The standard InChI is InChI=1S/C16H25FN2O/c1-12(18-2)13-7-6-8-14(17)15(13)19(3)11-16(20)9-4-5-10-16/h6-8,12,18,20H,4-5,9-11H2,1-3H3. The number of aliphatic hydroxyl groups is 1. The molecule has 1 aliphatic carbocycles. The molecule has 2 N–H and O–H groups in total. The molecule has 1 aromatic carbocycles.